The molecule has 19 heavy (non-hydrogen) atoms. The van der Waals surface area contributed by atoms with Crippen molar-refractivity contribution in [3.8, 4) is 0 Å². The molecule has 1 aromatic rings. The summed E-state index contributed by atoms with van der Waals surface area (Å²) in [6, 6.07) is 0. The fourth-order valence-corrected chi connectivity index (χ4v) is 1.78. The maximum atomic E-state index is 12.7. The third-order valence-electron chi connectivity index (χ3n) is 2.36. The lowest BCUT2D eigenvalue weighted by molar-refractivity contribution is -0.0924. The highest BCUT2D eigenvalue weighted by molar-refractivity contribution is 7.98. The van der Waals surface area contributed by atoms with Crippen molar-refractivity contribution < 1.29 is 13.2 Å². The molecule has 1 aliphatic heterocycles. The molecule has 0 fully saturated rings. The van der Waals surface area contributed by atoms with E-state index in [4.69, 9.17) is 0 Å². The normalized spacial score (nSPS) is 15.8. The van der Waals surface area contributed by atoms with Gasteiger partial charge in [-0.1, -0.05) is 17.8 Å². The van der Waals surface area contributed by atoms with Gasteiger partial charge in [0.05, 0.1) is 5.71 Å². The zero-order chi connectivity index (χ0) is 13.9. The molecule has 0 bridgehead atoms. The van der Waals surface area contributed by atoms with Crippen LogP contribution in [0.25, 0.3) is 0 Å². The minimum atomic E-state index is -4.45. The Morgan fingerprint density at radius 1 is 1.21 bits per heavy atom. The minimum Gasteiger partial charge on any atom is -0.244 e. The molecular formula is C12H10F3N3S. The molecule has 2 rings (SSSR count). The zero-order valence-electron chi connectivity index (χ0n) is 9.98. The minimum absolute atomic E-state index is 0.200. The smallest absolute Gasteiger partial charge is 0.244 e. The average Bonchev–Trinajstić information content (AvgIpc) is 2.64. The van der Waals surface area contributed by atoms with E-state index >= 15 is 0 Å². The summed E-state index contributed by atoms with van der Waals surface area (Å²) in [5.74, 6) is 0. The predicted octanol–water partition coefficient (Wildman–Crippen LogP) is 3.39. The van der Waals surface area contributed by atoms with E-state index in [2.05, 4.69) is 15.0 Å². The van der Waals surface area contributed by atoms with E-state index in [1.165, 1.54) is 24.2 Å². The van der Waals surface area contributed by atoms with Gasteiger partial charge in [-0.2, -0.15) is 13.2 Å². The SMILES string of the molecule is CSc1ncc(C2=NC(C(F)(F)F)=CCC=C2)cn1. The van der Waals surface area contributed by atoms with Gasteiger partial charge < -0.3 is 0 Å². The van der Waals surface area contributed by atoms with E-state index in [-0.39, 0.29) is 12.1 Å². The second-order valence-electron chi connectivity index (χ2n) is 3.68. The van der Waals surface area contributed by atoms with Crippen molar-refractivity contribution in [1.82, 2.24) is 9.97 Å². The van der Waals surface area contributed by atoms with Gasteiger partial charge in [-0.05, 0) is 24.8 Å². The molecule has 0 saturated heterocycles. The van der Waals surface area contributed by atoms with Crippen LogP contribution in [0.2, 0.25) is 0 Å². The van der Waals surface area contributed by atoms with Crippen molar-refractivity contribution >= 4 is 17.5 Å². The Bertz CT molecular complexity index is 544. The van der Waals surface area contributed by atoms with Gasteiger partial charge >= 0.3 is 6.18 Å². The fourth-order valence-electron chi connectivity index (χ4n) is 1.47. The maximum absolute atomic E-state index is 12.7. The first kappa shape index (κ1) is 13.8. The molecule has 7 heteroatoms. The Labute approximate surface area is 112 Å². The van der Waals surface area contributed by atoms with E-state index < -0.39 is 11.9 Å². The molecule has 0 radical (unpaired) electrons. The van der Waals surface area contributed by atoms with Gasteiger partial charge in [-0.15, -0.1) is 0 Å². The number of aromatic nitrogens is 2. The first-order valence-corrected chi connectivity index (χ1v) is 6.62. The summed E-state index contributed by atoms with van der Waals surface area (Å²) in [5, 5.41) is 0.563. The molecule has 2 heterocycles. The summed E-state index contributed by atoms with van der Waals surface area (Å²) in [4.78, 5) is 11.7. The molecule has 0 aromatic carbocycles. The summed E-state index contributed by atoms with van der Waals surface area (Å²) < 4.78 is 38.1. The Morgan fingerprint density at radius 3 is 2.47 bits per heavy atom. The van der Waals surface area contributed by atoms with Crippen LogP contribution in [0, 0.1) is 0 Å². The predicted molar refractivity (Wildman–Crippen MR) is 68.2 cm³/mol. The first-order valence-electron chi connectivity index (χ1n) is 5.39. The number of aliphatic imine (C=N–C) groups is 1. The van der Waals surface area contributed by atoms with Gasteiger partial charge in [-0.25, -0.2) is 15.0 Å². The van der Waals surface area contributed by atoms with Gasteiger partial charge in [0.25, 0.3) is 0 Å². The molecule has 0 atom stereocenters. The second kappa shape index (κ2) is 5.56. The van der Waals surface area contributed by atoms with Crippen molar-refractivity contribution in [1.29, 1.82) is 0 Å². The topological polar surface area (TPSA) is 38.1 Å². The largest absolute Gasteiger partial charge is 0.433 e. The monoisotopic (exact) mass is 285 g/mol. The number of thioether (sulfide) groups is 1. The molecule has 0 saturated carbocycles. The van der Waals surface area contributed by atoms with Crippen LogP contribution < -0.4 is 0 Å². The molecule has 3 nitrogen and oxygen atoms in total. The summed E-state index contributed by atoms with van der Waals surface area (Å²) in [6.45, 7) is 0. The van der Waals surface area contributed by atoms with E-state index in [0.717, 1.165) is 6.08 Å². The number of hydrogen-bond acceptors (Lipinski definition) is 4. The number of halogens is 3. The van der Waals surface area contributed by atoms with Gasteiger partial charge in [0.1, 0.15) is 5.70 Å². The van der Waals surface area contributed by atoms with Crippen LogP contribution in [-0.4, -0.2) is 28.1 Å². The number of hydrogen-bond donors (Lipinski definition) is 0. The molecule has 0 amide bonds. The van der Waals surface area contributed by atoms with Crippen LogP contribution >= 0.6 is 11.8 Å². The number of allylic oxidation sites excluding steroid dienone is 4. The van der Waals surface area contributed by atoms with Gasteiger partial charge in [0.2, 0.25) is 0 Å². The molecule has 0 spiro atoms. The van der Waals surface area contributed by atoms with E-state index in [9.17, 15) is 13.2 Å². The number of rotatable bonds is 2. The molecule has 1 aliphatic rings. The summed E-state index contributed by atoms with van der Waals surface area (Å²) in [7, 11) is 0. The van der Waals surface area contributed by atoms with Crippen LogP contribution in [0.1, 0.15) is 12.0 Å². The third-order valence-corrected chi connectivity index (χ3v) is 2.94. The summed E-state index contributed by atoms with van der Waals surface area (Å²) >= 11 is 1.36. The average molecular weight is 285 g/mol. The standard InChI is InChI=1S/C12H10F3N3S/c1-19-11-16-6-8(7-17-11)9-4-2-3-5-10(18-9)12(13,14)15/h2,4-7H,3H2,1H3. The highest BCUT2D eigenvalue weighted by Gasteiger charge is 2.34. The van der Waals surface area contributed by atoms with Crippen LogP contribution in [0.5, 0.6) is 0 Å². The van der Waals surface area contributed by atoms with Crippen molar-refractivity contribution in [2.45, 2.75) is 17.8 Å². The van der Waals surface area contributed by atoms with Crippen LogP contribution in [0.15, 0.2) is 46.5 Å². The Hall–Kier alpha value is -1.63. The fraction of sp³-hybridized carbons (Fsp3) is 0.250. The second-order valence-corrected chi connectivity index (χ2v) is 4.45. The molecule has 100 valence electrons. The Morgan fingerprint density at radius 2 is 1.89 bits per heavy atom. The Kier molecular flexibility index (Phi) is 4.04. The number of alkyl halides is 3. The molecular weight excluding hydrogens is 275 g/mol. The van der Waals surface area contributed by atoms with Crippen molar-refractivity contribution in [3.63, 3.8) is 0 Å². The van der Waals surface area contributed by atoms with E-state index in [0.29, 0.717) is 10.7 Å². The lowest BCUT2D eigenvalue weighted by atomic mass is 10.2. The highest BCUT2D eigenvalue weighted by Crippen LogP contribution is 2.28. The van der Waals surface area contributed by atoms with Gasteiger partial charge in [0, 0.05) is 18.0 Å². The molecule has 0 unspecified atom stereocenters. The zero-order valence-corrected chi connectivity index (χ0v) is 10.8. The molecule has 0 N–H and O–H groups in total. The maximum Gasteiger partial charge on any atom is 0.433 e. The highest BCUT2D eigenvalue weighted by atomic mass is 32.2. The Balaban J connectivity index is 2.36. The van der Waals surface area contributed by atoms with Gasteiger partial charge in [-0.3, -0.25) is 0 Å². The summed E-state index contributed by atoms with van der Waals surface area (Å²) in [5.41, 5.74) is -0.207. The van der Waals surface area contributed by atoms with Crippen LogP contribution in [0.4, 0.5) is 13.2 Å². The lowest BCUT2D eigenvalue weighted by Gasteiger charge is -2.07. The lowest BCUT2D eigenvalue weighted by Crippen LogP contribution is -2.12. The van der Waals surface area contributed by atoms with E-state index in [1.807, 2.05) is 6.26 Å². The van der Waals surface area contributed by atoms with Crippen molar-refractivity contribution in [2.24, 2.45) is 4.99 Å². The quantitative estimate of drug-likeness (QED) is 0.617. The third kappa shape index (κ3) is 3.44. The first-order chi connectivity index (χ1) is 9.00. The van der Waals surface area contributed by atoms with Crippen LogP contribution in [0.3, 0.4) is 0 Å². The van der Waals surface area contributed by atoms with Crippen molar-refractivity contribution in [2.75, 3.05) is 6.26 Å². The van der Waals surface area contributed by atoms with E-state index in [1.54, 1.807) is 12.2 Å². The molecule has 1 aromatic heterocycles. The van der Waals surface area contributed by atoms with Crippen molar-refractivity contribution in [3.05, 3.63) is 41.9 Å². The summed E-state index contributed by atoms with van der Waals surface area (Å²) in [6.07, 6.45) is 4.75. The number of nitrogens with zero attached hydrogens (tertiary/aromatic N) is 3. The van der Waals surface area contributed by atoms with Crippen LogP contribution in [-0.2, 0) is 0 Å². The molecule has 0 aliphatic carbocycles. The van der Waals surface area contributed by atoms with Gasteiger partial charge in [0.15, 0.2) is 5.16 Å².